The molecule has 1 amide bonds. The van der Waals surface area contributed by atoms with Gasteiger partial charge in [-0.15, -0.1) is 0 Å². The van der Waals surface area contributed by atoms with Crippen LogP contribution in [0.25, 0.3) is 0 Å². The highest BCUT2D eigenvalue weighted by Crippen LogP contribution is 2.21. The number of esters is 1. The Morgan fingerprint density at radius 3 is 2.44 bits per heavy atom. The second kappa shape index (κ2) is 10.4. The lowest BCUT2D eigenvalue weighted by atomic mass is 9.98. The third kappa shape index (κ3) is 6.44. The molecule has 0 aliphatic heterocycles. The number of ether oxygens (including phenoxy) is 2. The van der Waals surface area contributed by atoms with Crippen LogP contribution >= 0.6 is 0 Å². The Labute approximate surface area is 160 Å². The van der Waals surface area contributed by atoms with Gasteiger partial charge < -0.3 is 14.8 Å². The molecule has 0 saturated carbocycles. The Balaban J connectivity index is 1.83. The molecule has 5 nitrogen and oxygen atoms in total. The molecule has 2 rings (SSSR count). The first-order chi connectivity index (χ1) is 13.0. The van der Waals surface area contributed by atoms with Crippen molar-refractivity contribution in [2.75, 3.05) is 14.2 Å². The summed E-state index contributed by atoms with van der Waals surface area (Å²) in [6.07, 6.45) is 2.41. The van der Waals surface area contributed by atoms with Gasteiger partial charge in [-0.2, -0.15) is 0 Å². The first kappa shape index (κ1) is 20.5. The van der Waals surface area contributed by atoms with Crippen molar-refractivity contribution in [2.24, 2.45) is 5.92 Å². The fourth-order valence-corrected chi connectivity index (χ4v) is 2.88. The number of nitrogens with one attached hydrogen (secondary N) is 1. The fourth-order valence-electron chi connectivity index (χ4n) is 2.88. The largest absolute Gasteiger partial charge is 0.496 e. The zero-order chi connectivity index (χ0) is 19.6. The molecule has 5 heteroatoms. The van der Waals surface area contributed by atoms with Gasteiger partial charge in [0.25, 0.3) is 0 Å². The number of amides is 1. The SMILES string of the molecule is COC(=O)c1cc(CNC(=O)CC(C)CCc2ccccc2)ccc1OC. The summed E-state index contributed by atoms with van der Waals surface area (Å²) in [6.45, 7) is 2.45. The Hall–Kier alpha value is -2.82. The number of hydrogen-bond donors (Lipinski definition) is 1. The maximum absolute atomic E-state index is 12.2. The van der Waals surface area contributed by atoms with Crippen molar-refractivity contribution < 1.29 is 19.1 Å². The highest BCUT2D eigenvalue weighted by molar-refractivity contribution is 5.92. The second-order valence-electron chi connectivity index (χ2n) is 6.64. The standard InChI is InChI=1S/C22H27NO4/c1-16(9-10-17-7-5-4-6-8-17)13-21(24)23-15-18-11-12-20(26-2)19(14-18)22(25)27-3/h4-8,11-12,14,16H,9-10,13,15H2,1-3H3,(H,23,24). The Morgan fingerprint density at radius 2 is 1.78 bits per heavy atom. The topological polar surface area (TPSA) is 64.6 Å². The van der Waals surface area contributed by atoms with E-state index in [0.717, 1.165) is 18.4 Å². The maximum Gasteiger partial charge on any atom is 0.341 e. The van der Waals surface area contributed by atoms with Crippen molar-refractivity contribution in [3.63, 3.8) is 0 Å². The molecule has 0 spiro atoms. The minimum Gasteiger partial charge on any atom is -0.496 e. The van der Waals surface area contributed by atoms with Gasteiger partial charge in [0.2, 0.25) is 5.91 Å². The monoisotopic (exact) mass is 369 g/mol. The molecule has 0 radical (unpaired) electrons. The summed E-state index contributed by atoms with van der Waals surface area (Å²) in [5.74, 6) is 0.290. The molecule has 144 valence electrons. The summed E-state index contributed by atoms with van der Waals surface area (Å²) in [5.41, 5.74) is 2.46. The minimum atomic E-state index is -0.463. The van der Waals surface area contributed by atoms with Crippen LogP contribution in [0.4, 0.5) is 0 Å². The zero-order valence-electron chi connectivity index (χ0n) is 16.2. The van der Waals surface area contributed by atoms with Gasteiger partial charge in [-0.3, -0.25) is 4.79 Å². The maximum atomic E-state index is 12.2. The summed E-state index contributed by atoms with van der Waals surface area (Å²) in [6, 6.07) is 15.5. The van der Waals surface area contributed by atoms with Crippen LogP contribution < -0.4 is 10.1 Å². The third-order valence-electron chi connectivity index (χ3n) is 4.46. The predicted molar refractivity (Wildman–Crippen MR) is 105 cm³/mol. The van der Waals surface area contributed by atoms with Crippen molar-refractivity contribution in [3.05, 3.63) is 65.2 Å². The number of carbonyl (C=O) groups excluding carboxylic acids is 2. The van der Waals surface area contributed by atoms with E-state index in [9.17, 15) is 9.59 Å². The van der Waals surface area contributed by atoms with Crippen LogP contribution in [0.3, 0.4) is 0 Å². The van der Waals surface area contributed by atoms with E-state index >= 15 is 0 Å². The van der Waals surface area contributed by atoms with E-state index in [4.69, 9.17) is 9.47 Å². The van der Waals surface area contributed by atoms with Crippen molar-refractivity contribution in [2.45, 2.75) is 32.7 Å². The Morgan fingerprint density at radius 1 is 1.04 bits per heavy atom. The van der Waals surface area contributed by atoms with Crippen LogP contribution in [-0.4, -0.2) is 26.1 Å². The van der Waals surface area contributed by atoms with Gasteiger partial charge in [-0.1, -0.05) is 43.3 Å². The molecular weight excluding hydrogens is 342 g/mol. The van der Waals surface area contributed by atoms with Crippen LogP contribution in [0.5, 0.6) is 5.75 Å². The Bertz CT molecular complexity index is 758. The minimum absolute atomic E-state index is 0.00555. The van der Waals surface area contributed by atoms with Crippen LogP contribution in [0.15, 0.2) is 48.5 Å². The van der Waals surface area contributed by atoms with Crippen molar-refractivity contribution >= 4 is 11.9 Å². The molecule has 0 aromatic heterocycles. The molecule has 1 atom stereocenters. The number of carbonyl (C=O) groups is 2. The number of benzene rings is 2. The van der Waals surface area contributed by atoms with Gasteiger partial charge in [-0.05, 0) is 42.0 Å². The van der Waals surface area contributed by atoms with Gasteiger partial charge in [0.15, 0.2) is 0 Å². The van der Waals surface area contributed by atoms with Crippen LogP contribution in [-0.2, 0) is 22.5 Å². The lowest BCUT2D eigenvalue weighted by molar-refractivity contribution is -0.122. The predicted octanol–water partition coefficient (Wildman–Crippen LogP) is 3.76. The van der Waals surface area contributed by atoms with Gasteiger partial charge in [0.05, 0.1) is 14.2 Å². The average Bonchev–Trinajstić information content (AvgIpc) is 2.70. The molecule has 0 heterocycles. The van der Waals surface area contributed by atoms with Crippen LogP contribution in [0, 0.1) is 5.92 Å². The van der Waals surface area contributed by atoms with Crippen LogP contribution in [0.1, 0.15) is 41.3 Å². The third-order valence-corrected chi connectivity index (χ3v) is 4.46. The number of hydrogen-bond acceptors (Lipinski definition) is 4. The lowest BCUT2D eigenvalue weighted by Crippen LogP contribution is -2.24. The van der Waals surface area contributed by atoms with E-state index in [1.165, 1.54) is 19.8 Å². The quantitative estimate of drug-likeness (QED) is 0.684. The second-order valence-corrected chi connectivity index (χ2v) is 6.64. The molecule has 0 bridgehead atoms. The van der Waals surface area contributed by atoms with Gasteiger partial charge >= 0.3 is 5.97 Å². The molecule has 2 aromatic carbocycles. The number of rotatable bonds is 9. The summed E-state index contributed by atoms with van der Waals surface area (Å²) in [5, 5.41) is 2.92. The molecule has 0 aliphatic carbocycles. The first-order valence-electron chi connectivity index (χ1n) is 9.09. The molecule has 0 saturated heterocycles. The van der Waals surface area contributed by atoms with E-state index in [0.29, 0.717) is 30.2 Å². The Kier molecular flexibility index (Phi) is 7.86. The van der Waals surface area contributed by atoms with Gasteiger partial charge in [-0.25, -0.2) is 4.79 Å². The highest BCUT2D eigenvalue weighted by Gasteiger charge is 2.14. The van der Waals surface area contributed by atoms with E-state index in [1.807, 2.05) is 24.3 Å². The smallest absolute Gasteiger partial charge is 0.341 e. The van der Waals surface area contributed by atoms with E-state index in [-0.39, 0.29) is 5.91 Å². The van der Waals surface area contributed by atoms with Gasteiger partial charge in [0.1, 0.15) is 11.3 Å². The lowest BCUT2D eigenvalue weighted by Gasteiger charge is -2.13. The number of methoxy groups -OCH3 is 2. The van der Waals surface area contributed by atoms with E-state index in [2.05, 4.69) is 24.4 Å². The molecule has 1 unspecified atom stereocenters. The molecule has 1 N–H and O–H groups in total. The summed E-state index contributed by atoms with van der Waals surface area (Å²) in [7, 11) is 2.83. The fraction of sp³-hybridized carbons (Fsp3) is 0.364. The zero-order valence-corrected chi connectivity index (χ0v) is 16.2. The summed E-state index contributed by atoms with van der Waals surface area (Å²) in [4.78, 5) is 24.0. The molecular formula is C22H27NO4. The summed E-state index contributed by atoms with van der Waals surface area (Å²) >= 11 is 0. The van der Waals surface area contributed by atoms with Gasteiger partial charge in [0, 0.05) is 13.0 Å². The van der Waals surface area contributed by atoms with E-state index < -0.39 is 5.97 Å². The molecule has 0 fully saturated rings. The van der Waals surface area contributed by atoms with Crippen molar-refractivity contribution in [3.8, 4) is 5.75 Å². The molecule has 27 heavy (non-hydrogen) atoms. The first-order valence-corrected chi connectivity index (χ1v) is 9.09. The normalized spacial score (nSPS) is 11.5. The average molecular weight is 369 g/mol. The van der Waals surface area contributed by atoms with E-state index in [1.54, 1.807) is 12.1 Å². The van der Waals surface area contributed by atoms with Crippen molar-refractivity contribution in [1.82, 2.24) is 5.32 Å². The number of aryl methyl sites for hydroxylation is 1. The highest BCUT2D eigenvalue weighted by atomic mass is 16.5. The van der Waals surface area contributed by atoms with Crippen molar-refractivity contribution in [1.29, 1.82) is 0 Å². The molecule has 2 aromatic rings. The van der Waals surface area contributed by atoms with Crippen LogP contribution in [0.2, 0.25) is 0 Å². The summed E-state index contributed by atoms with van der Waals surface area (Å²) < 4.78 is 9.95. The molecule has 0 aliphatic rings.